The van der Waals surface area contributed by atoms with E-state index in [-0.39, 0.29) is 51.5 Å². The molecule has 43 heavy (non-hydrogen) atoms. The van der Waals surface area contributed by atoms with Crippen LogP contribution in [-0.2, 0) is 20.2 Å². The third-order valence-electron chi connectivity index (χ3n) is 5.47. The lowest BCUT2D eigenvalue weighted by molar-refractivity contribution is 0.404. The Bertz CT molecular complexity index is 1850. The fraction of sp³-hybridized carbons (Fsp3) is 0. The highest BCUT2D eigenvalue weighted by Crippen LogP contribution is 2.33. The number of nitrogens with zero attached hydrogens (tertiary/aromatic N) is 4. The molecule has 0 aliphatic carbocycles. The van der Waals surface area contributed by atoms with Gasteiger partial charge < -0.3 is 26.6 Å². The molecule has 0 heterocycles. The lowest BCUT2D eigenvalue weighted by Crippen LogP contribution is -2.01. The summed E-state index contributed by atoms with van der Waals surface area (Å²) in [5.74, 6) is -1.62. The van der Waals surface area contributed by atoms with Crippen LogP contribution in [0.2, 0.25) is 0 Å². The summed E-state index contributed by atoms with van der Waals surface area (Å²) in [6.07, 6.45) is 2.37. The topological polar surface area (TPSA) is 274 Å². The van der Waals surface area contributed by atoms with Crippen molar-refractivity contribution in [3.63, 3.8) is 0 Å². The Labute approximate surface area is 244 Å². The molecule has 0 aromatic heterocycles. The van der Waals surface area contributed by atoms with Gasteiger partial charge in [0.1, 0.15) is 9.79 Å². The molecule has 4 aromatic rings. The van der Waals surface area contributed by atoms with E-state index in [1.54, 1.807) is 0 Å². The fourth-order valence-corrected chi connectivity index (χ4v) is 4.86. The fourth-order valence-electron chi connectivity index (χ4n) is 3.45. The van der Waals surface area contributed by atoms with Gasteiger partial charge in [-0.2, -0.15) is 37.3 Å². The highest BCUT2D eigenvalue weighted by atomic mass is 32.2. The molecule has 15 nitrogen and oxygen atoms in total. The van der Waals surface area contributed by atoms with Crippen molar-refractivity contribution < 1.29 is 46.4 Å². The second-order valence-electron chi connectivity index (χ2n) is 8.47. The van der Waals surface area contributed by atoms with Crippen molar-refractivity contribution in [1.29, 1.82) is 0 Å². The second-order valence-corrected chi connectivity index (χ2v) is 11.3. The molecule has 4 rings (SSSR count). The van der Waals surface area contributed by atoms with E-state index in [0.717, 1.165) is 24.3 Å². The van der Waals surface area contributed by atoms with Gasteiger partial charge in [0, 0.05) is 12.1 Å². The molecule has 0 spiro atoms. The number of aromatic hydroxyl groups is 4. The minimum atomic E-state index is -4.79. The van der Waals surface area contributed by atoms with E-state index in [1.165, 1.54) is 60.7 Å². The molecule has 17 heteroatoms. The lowest BCUT2D eigenvalue weighted by Gasteiger charge is -2.06. The van der Waals surface area contributed by atoms with Crippen molar-refractivity contribution >= 4 is 55.1 Å². The Balaban J connectivity index is 0.00000506. The number of azo groups is 2. The largest absolute Gasteiger partial charge is 0.504 e. The molecule has 9 N–H and O–H groups in total. The molecule has 0 saturated heterocycles. The minimum Gasteiger partial charge on any atom is -0.504 e. The van der Waals surface area contributed by atoms with E-state index in [4.69, 9.17) is 0 Å². The van der Waals surface area contributed by atoms with Crippen molar-refractivity contribution in [2.24, 2.45) is 20.5 Å². The number of phenols is 4. The molecule has 224 valence electrons. The van der Waals surface area contributed by atoms with Crippen LogP contribution in [0.15, 0.2) is 103 Å². The molecule has 0 aliphatic rings. The zero-order chi connectivity index (χ0) is 30.7. The number of benzene rings is 4. The summed E-state index contributed by atoms with van der Waals surface area (Å²) in [6, 6.07) is 14.6. The average molecular weight is 630 g/mol. The summed E-state index contributed by atoms with van der Waals surface area (Å²) in [5, 5.41) is 53.3. The first-order valence-corrected chi connectivity index (χ1v) is 14.4. The highest BCUT2D eigenvalue weighted by molar-refractivity contribution is 7.86. The van der Waals surface area contributed by atoms with E-state index in [2.05, 4.69) is 20.5 Å². The average Bonchev–Trinajstić information content (AvgIpc) is 2.92. The molecule has 0 unspecified atom stereocenters. The van der Waals surface area contributed by atoms with Crippen LogP contribution < -0.4 is 6.15 Å². The quantitative estimate of drug-likeness (QED) is 0.0501. The number of phenolic OH excluding ortho intramolecular Hbond substituents is 4. The van der Waals surface area contributed by atoms with Gasteiger partial charge in [0.05, 0.1) is 22.7 Å². The summed E-state index contributed by atoms with van der Waals surface area (Å²) < 4.78 is 67.8. The molecular weight excluding hydrogens is 606 g/mol. The molecule has 0 bridgehead atoms. The van der Waals surface area contributed by atoms with Gasteiger partial charge in [-0.25, -0.2) is 0 Å². The van der Waals surface area contributed by atoms with E-state index >= 15 is 0 Å². The molecular formula is C26H23N5O10S2. The number of rotatable bonds is 8. The van der Waals surface area contributed by atoms with Crippen LogP contribution in [0.1, 0.15) is 11.1 Å². The Morgan fingerprint density at radius 3 is 1.07 bits per heavy atom. The third kappa shape index (κ3) is 8.18. The van der Waals surface area contributed by atoms with E-state index in [9.17, 15) is 46.4 Å². The molecule has 0 atom stereocenters. The van der Waals surface area contributed by atoms with Crippen molar-refractivity contribution in [2.45, 2.75) is 9.79 Å². The first kappa shape index (κ1) is 32.3. The normalized spacial score (nSPS) is 12.2. The Morgan fingerprint density at radius 1 is 0.465 bits per heavy atom. The number of hydrogen-bond acceptors (Lipinski definition) is 13. The van der Waals surface area contributed by atoms with Crippen molar-refractivity contribution in [3.05, 3.63) is 83.9 Å². The van der Waals surface area contributed by atoms with Gasteiger partial charge in [0.25, 0.3) is 20.2 Å². The maximum absolute atomic E-state index is 12.1. The zero-order valence-electron chi connectivity index (χ0n) is 21.7. The van der Waals surface area contributed by atoms with Crippen LogP contribution in [0.4, 0.5) is 22.7 Å². The van der Waals surface area contributed by atoms with Crippen molar-refractivity contribution in [2.75, 3.05) is 0 Å². The molecule has 0 fully saturated rings. The van der Waals surface area contributed by atoms with Crippen LogP contribution in [0, 0.1) is 0 Å². The van der Waals surface area contributed by atoms with Crippen molar-refractivity contribution in [3.8, 4) is 23.0 Å². The first-order valence-electron chi connectivity index (χ1n) is 11.5. The zero-order valence-corrected chi connectivity index (χ0v) is 23.3. The van der Waals surface area contributed by atoms with Crippen molar-refractivity contribution in [1.82, 2.24) is 6.15 Å². The van der Waals surface area contributed by atoms with Gasteiger partial charge >= 0.3 is 0 Å². The van der Waals surface area contributed by atoms with Gasteiger partial charge in [-0.05, 0) is 59.7 Å². The van der Waals surface area contributed by atoms with Crippen LogP contribution >= 0.6 is 0 Å². The number of hydrogen-bond donors (Lipinski definition) is 7. The monoisotopic (exact) mass is 629 g/mol. The predicted octanol–water partition coefficient (Wildman–Crippen LogP) is 6.17. The van der Waals surface area contributed by atoms with Gasteiger partial charge in [-0.1, -0.05) is 24.3 Å². The highest BCUT2D eigenvalue weighted by Gasteiger charge is 2.18. The Kier molecular flexibility index (Phi) is 9.59. The summed E-state index contributed by atoms with van der Waals surface area (Å²) in [6.45, 7) is 0. The molecule has 0 aliphatic heterocycles. The molecule has 0 amide bonds. The van der Waals surface area contributed by atoms with E-state index in [0.29, 0.717) is 0 Å². The maximum atomic E-state index is 12.1. The smallest absolute Gasteiger partial charge is 0.295 e. The standard InChI is InChI=1S/C26H20N4O10S2.H3N/c31-21-9-7-17(11-23(21)33)27-29-19-5-3-15(25(13-19)41(35,36)37)1-2-16-4-6-20(14-26(16)42(38,39)40)30-28-18-8-10-22(32)24(34)12-18;/h1-14,31-34H,(H,35,36,37)(H,38,39,40);1H3. The summed E-state index contributed by atoms with van der Waals surface area (Å²) >= 11 is 0. The van der Waals surface area contributed by atoms with E-state index < -0.39 is 41.5 Å². The van der Waals surface area contributed by atoms with Crippen LogP contribution in [0.25, 0.3) is 12.2 Å². The maximum Gasteiger partial charge on any atom is 0.295 e. The lowest BCUT2D eigenvalue weighted by atomic mass is 10.1. The summed E-state index contributed by atoms with van der Waals surface area (Å²) in [4.78, 5) is -1.17. The van der Waals surface area contributed by atoms with Crippen LogP contribution in [-0.4, -0.2) is 46.4 Å². The molecule has 0 radical (unpaired) electrons. The van der Waals surface area contributed by atoms with Gasteiger partial charge in [0.2, 0.25) is 0 Å². The second kappa shape index (κ2) is 12.8. The Hall–Kier alpha value is -5.20. The van der Waals surface area contributed by atoms with Gasteiger partial charge in [-0.15, -0.1) is 0 Å². The Morgan fingerprint density at radius 2 is 0.767 bits per heavy atom. The minimum absolute atomic E-state index is 0. The SMILES string of the molecule is N.O=S(=O)(O)c1cc(N=Nc2ccc(O)c(O)c2)ccc1C=Cc1ccc(N=Nc2ccc(O)c(O)c2)cc1S(=O)(=O)O. The molecule has 0 saturated carbocycles. The first-order chi connectivity index (χ1) is 19.7. The predicted molar refractivity (Wildman–Crippen MR) is 154 cm³/mol. The van der Waals surface area contributed by atoms with Crippen LogP contribution in [0.3, 0.4) is 0 Å². The van der Waals surface area contributed by atoms with Gasteiger partial charge in [0.15, 0.2) is 23.0 Å². The van der Waals surface area contributed by atoms with E-state index in [1.807, 2.05) is 0 Å². The summed E-state index contributed by atoms with van der Waals surface area (Å²) in [7, 11) is -9.59. The molecule has 4 aromatic carbocycles. The third-order valence-corrected chi connectivity index (χ3v) is 7.29. The van der Waals surface area contributed by atoms with Gasteiger partial charge in [-0.3, -0.25) is 9.11 Å². The summed E-state index contributed by atoms with van der Waals surface area (Å²) in [5.41, 5.74) is 0.173. The van der Waals surface area contributed by atoms with Crippen LogP contribution in [0.5, 0.6) is 23.0 Å².